The first-order valence-corrected chi connectivity index (χ1v) is 8.27. The Morgan fingerprint density at radius 2 is 1.79 bits per heavy atom. The number of alkyl halides is 3. The van der Waals surface area contributed by atoms with Gasteiger partial charge in [-0.15, -0.1) is 0 Å². The average Bonchev–Trinajstić information content (AvgIpc) is 2.65. The van der Waals surface area contributed by atoms with Gasteiger partial charge in [0.05, 0.1) is 17.7 Å². The van der Waals surface area contributed by atoms with Crippen molar-refractivity contribution in [3.63, 3.8) is 0 Å². The van der Waals surface area contributed by atoms with Crippen LogP contribution in [0.2, 0.25) is 5.02 Å². The second kappa shape index (κ2) is 8.79. The van der Waals surface area contributed by atoms with E-state index in [1.807, 2.05) is 0 Å². The smallest absolute Gasteiger partial charge is 0.417 e. The molecular weight excluding hydrogens is 397 g/mol. The largest absolute Gasteiger partial charge is 0.452 e. The van der Waals surface area contributed by atoms with Crippen LogP contribution in [0.4, 0.5) is 29.3 Å². The number of benzene rings is 2. The van der Waals surface area contributed by atoms with Gasteiger partial charge in [0.15, 0.2) is 0 Å². The van der Waals surface area contributed by atoms with Gasteiger partial charge in [0.2, 0.25) is 5.91 Å². The lowest BCUT2D eigenvalue weighted by atomic mass is 10.1. The molecule has 0 saturated heterocycles. The maximum atomic E-state index is 12.9. The van der Waals surface area contributed by atoms with E-state index in [0.29, 0.717) is 11.4 Å². The zero-order valence-electron chi connectivity index (χ0n) is 14.9. The van der Waals surface area contributed by atoms with E-state index in [9.17, 15) is 22.8 Å². The van der Waals surface area contributed by atoms with E-state index in [0.717, 1.165) is 18.2 Å². The molecule has 0 radical (unpaired) electrons. The van der Waals surface area contributed by atoms with E-state index in [-0.39, 0.29) is 5.56 Å². The molecule has 0 aliphatic heterocycles. The van der Waals surface area contributed by atoms with Crippen LogP contribution in [0.15, 0.2) is 48.5 Å². The molecule has 0 heterocycles. The first-order chi connectivity index (χ1) is 13.1. The molecule has 2 aromatic rings. The van der Waals surface area contributed by atoms with Gasteiger partial charge in [-0.2, -0.15) is 13.2 Å². The van der Waals surface area contributed by atoms with Gasteiger partial charge in [0, 0.05) is 24.5 Å². The number of anilines is 2. The minimum Gasteiger partial charge on any atom is -0.452 e. The third kappa shape index (κ3) is 5.50. The molecule has 0 atom stereocenters. The van der Waals surface area contributed by atoms with Crippen LogP contribution >= 0.6 is 11.6 Å². The summed E-state index contributed by atoms with van der Waals surface area (Å²) in [7, 11) is 2.79. The number of nitrogens with one attached hydrogen (secondary N) is 1. The van der Waals surface area contributed by atoms with Gasteiger partial charge in [0.25, 0.3) is 0 Å². The summed E-state index contributed by atoms with van der Waals surface area (Å²) in [5.41, 5.74) is 0.217. The van der Waals surface area contributed by atoms with Crippen molar-refractivity contribution in [2.24, 2.45) is 0 Å². The molecule has 0 aliphatic rings. The third-order valence-corrected chi connectivity index (χ3v) is 4.02. The van der Waals surface area contributed by atoms with Crippen LogP contribution in [-0.2, 0) is 15.7 Å². The Bertz CT molecular complexity index is 896. The van der Waals surface area contributed by atoms with Crippen LogP contribution in [0.25, 0.3) is 6.08 Å². The molecule has 28 heavy (non-hydrogen) atoms. The fourth-order valence-corrected chi connectivity index (χ4v) is 2.46. The number of carbonyl (C=O) groups excluding carboxylic acids is 2. The molecule has 2 aromatic carbocycles. The predicted octanol–water partition coefficient (Wildman–Crippen LogP) is 5.21. The Hall–Kier alpha value is -3.00. The number of hydrogen-bond donors (Lipinski definition) is 1. The van der Waals surface area contributed by atoms with E-state index in [2.05, 4.69) is 10.1 Å². The standard InChI is InChI=1S/C19H16ClF3N2O3/c1-25(18(27)28-2)14-7-5-13(6-8-14)24-17(26)10-4-12-3-9-16(20)15(11-12)19(21,22)23/h3-11H,1-2H3,(H,24,26). The Morgan fingerprint density at radius 3 is 2.36 bits per heavy atom. The van der Waals surface area contributed by atoms with Gasteiger partial charge in [-0.25, -0.2) is 4.79 Å². The van der Waals surface area contributed by atoms with Crippen molar-refractivity contribution >= 4 is 41.1 Å². The highest BCUT2D eigenvalue weighted by Crippen LogP contribution is 2.35. The normalized spacial score (nSPS) is 11.4. The van der Waals surface area contributed by atoms with Crippen molar-refractivity contribution in [2.75, 3.05) is 24.4 Å². The average molecular weight is 413 g/mol. The molecule has 9 heteroatoms. The molecule has 0 bridgehead atoms. The molecule has 0 unspecified atom stereocenters. The number of carbonyl (C=O) groups is 2. The van der Waals surface area contributed by atoms with Crippen molar-refractivity contribution in [1.82, 2.24) is 0 Å². The highest BCUT2D eigenvalue weighted by atomic mass is 35.5. The van der Waals surface area contributed by atoms with E-state index >= 15 is 0 Å². The maximum absolute atomic E-state index is 12.9. The van der Waals surface area contributed by atoms with E-state index in [1.165, 1.54) is 31.2 Å². The fraction of sp³-hybridized carbons (Fsp3) is 0.158. The van der Waals surface area contributed by atoms with Crippen molar-refractivity contribution in [1.29, 1.82) is 0 Å². The molecular formula is C19H16ClF3N2O3. The number of amides is 2. The molecule has 2 rings (SSSR count). The lowest BCUT2D eigenvalue weighted by Crippen LogP contribution is -2.25. The van der Waals surface area contributed by atoms with Crippen LogP contribution in [0.3, 0.4) is 0 Å². The number of rotatable bonds is 4. The molecule has 148 valence electrons. The predicted molar refractivity (Wildman–Crippen MR) is 101 cm³/mol. The summed E-state index contributed by atoms with van der Waals surface area (Å²) in [4.78, 5) is 24.7. The van der Waals surface area contributed by atoms with Crippen LogP contribution < -0.4 is 10.2 Å². The van der Waals surface area contributed by atoms with Crippen molar-refractivity contribution < 1.29 is 27.5 Å². The second-order valence-corrected chi connectivity index (χ2v) is 6.04. The number of methoxy groups -OCH3 is 1. The van der Waals surface area contributed by atoms with Gasteiger partial charge < -0.3 is 10.1 Å². The molecule has 0 spiro atoms. The number of hydrogen-bond acceptors (Lipinski definition) is 3. The van der Waals surface area contributed by atoms with Crippen LogP contribution in [-0.4, -0.2) is 26.2 Å². The van der Waals surface area contributed by atoms with Crippen LogP contribution in [0.5, 0.6) is 0 Å². The molecule has 0 saturated carbocycles. The molecule has 5 nitrogen and oxygen atoms in total. The van der Waals surface area contributed by atoms with Crippen molar-refractivity contribution in [3.05, 3.63) is 64.7 Å². The number of nitrogens with zero attached hydrogens (tertiary/aromatic N) is 1. The van der Waals surface area contributed by atoms with E-state index < -0.39 is 28.8 Å². The summed E-state index contributed by atoms with van der Waals surface area (Å²) in [5.74, 6) is -0.530. The lowest BCUT2D eigenvalue weighted by molar-refractivity contribution is -0.137. The summed E-state index contributed by atoms with van der Waals surface area (Å²) in [6.45, 7) is 0. The molecule has 2 amide bonds. The zero-order chi connectivity index (χ0) is 20.9. The van der Waals surface area contributed by atoms with Gasteiger partial charge >= 0.3 is 12.3 Å². The maximum Gasteiger partial charge on any atom is 0.417 e. The minimum absolute atomic E-state index is 0.182. The topological polar surface area (TPSA) is 58.6 Å². The second-order valence-electron chi connectivity index (χ2n) is 5.64. The van der Waals surface area contributed by atoms with Gasteiger partial charge in [-0.1, -0.05) is 17.7 Å². The number of ether oxygens (including phenoxy) is 1. The monoisotopic (exact) mass is 412 g/mol. The van der Waals surface area contributed by atoms with Crippen LogP contribution in [0.1, 0.15) is 11.1 Å². The highest BCUT2D eigenvalue weighted by Gasteiger charge is 2.33. The lowest BCUT2D eigenvalue weighted by Gasteiger charge is -2.15. The summed E-state index contributed by atoms with van der Waals surface area (Å²) >= 11 is 5.56. The Balaban J connectivity index is 2.05. The Kier molecular flexibility index (Phi) is 6.69. The first kappa shape index (κ1) is 21.3. The number of halogens is 4. The molecule has 1 N–H and O–H groups in total. The van der Waals surface area contributed by atoms with Gasteiger partial charge in [-0.05, 0) is 48.0 Å². The van der Waals surface area contributed by atoms with Crippen molar-refractivity contribution in [2.45, 2.75) is 6.18 Å². The zero-order valence-corrected chi connectivity index (χ0v) is 15.6. The Labute approximate surface area is 164 Å². The summed E-state index contributed by atoms with van der Waals surface area (Å²) in [6.07, 6.45) is -2.76. The summed E-state index contributed by atoms with van der Waals surface area (Å²) in [5, 5.41) is 2.16. The Morgan fingerprint density at radius 1 is 1.14 bits per heavy atom. The van der Waals surface area contributed by atoms with E-state index in [1.54, 1.807) is 24.3 Å². The SMILES string of the molecule is COC(=O)N(C)c1ccc(NC(=O)C=Cc2ccc(Cl)c(C(F)(F)F)c2)cc1. The third-order valence-electron chi connectivity index (χ3n) is 3.69. The summed E-state index contributed by atoms with van der Waals surface area (Å²) in [6, 6.07) is 9.71. The summed E-state index contributed by atoms with van der Waals surface area (Å²) < 4.78 is 43.2. The molecule has 0 fully saturated rings. The van der Waals surface area contributed by atoms with Gasteiger partial charge in [0.1, 0.15) is 0 Å². The van der Waals surface area contributed by atoms with Crippen LogP contribution in [0, 0.1) is 0 Å². The highest BCUT2D eigenvalue weighted by molar-refractivity contribution is 6.31. The fourth-order valence-electron chi connectivity index (χ4n) is 2.23. The first-order valence-electron chi connectivity index (χ1n) is 7.89. The van der Waals surface area contributed by atoms with Gasteiger partial charge in [-0.3, -0.25) is 9.69 Å². The van der Waals surface area contributed by atoms with E-state index in [4.69, 9.17) is 11.6 Å². The minimum atomic E-state index is -4.58. The molecule has 0 aromatic heterocycles. The molecule has 0 aliphatic carbocycles. The van der Waals surface area contributed by atoms with Crippen molar-refractivity contribution in [3.8, 4) is 0 Å². The quantitative estimate of drug-likeness (QED) is 0.701.